The van der Waals surface area contributed by atoms with Gasteiger partial charge in [-0.3, -0.25) is 0 Å². The van der Waals surface area contributed by atoms with Gasteiger partial charge in [0.05, 0.1) is 26.4 Å². The molecule has 4 N–H and O–H groups in total. The predicted octanol–water partition coefficient (Wildman–Crippen LogP) is 2.23. The van der Waals surface area contributed by atoms with E-state index in [4.69, 9.17) is 39.4 Å². The van der Waals surface area contributed by atoms with Crippen molar-refractivity contribution < 1.29 is 39.4 Å². The molecule has 0 aliphatic carbocycles. The van der Waals surface area contributed by atoms with Gasteiger partial charge in [0.2, 0.25) is 0 Å². The fourth-order valence-electron chi connectivity index (χ4n) is 3.59. The Kier molecular flexibility index (Phi) is 12.6. The Morgan fingerprint density at radius 2 is 0.853 bits per heavy atom. The Morgan fingerprint density at radius 3 is 1.18 bits per heavy atom. The van der Waals surface area contributed by atoms with Crippen molar-refractivity contribution in [1.82, 2.24) is 0 Å². The molecule has 0 unspecified atom stereocenters. The maximum atomic E-state index is 9.10. The highest BCUT2D eigenvalue weighted by Gasteiger charge is 2.17. The summed E-state index contributed by atoms with van der Waals surface area (Å²) in [6.45, 7) is 4.75. The first-order valence-corrected chi connectivity index (χ1v) is 11.7. The van der Waals surface area contributed by atoms with Crippen LogP contribution in [0.15, 0.2) is 36.4 Å². The zero-order valence-corrected chi connectivity index (χ0v) is 20.1. The Bertz CT molecular complexity index is 772. The number of rotatable bonds is 17. The highest BCUT2D eigenvalue weighted by Crippen LogP contribution is 2.32. The molecular formula is C26H38O8. The van der Waals surface area contributed by atoms with Crippen LogP contribution in [0.3, 0.4) is 0 Å². The molecule has 0 saturated heterocycles. The molecular weight excluding hydrogens is 440 g/mol. The van der Waals surface area contributed by atoms with E-state index in [1.54, 1.807) is 0 Å². The lowest BCUT2D eigenvalue weighted by atomic mass is 9.85. The summed E-state index contributed by atoms with van der Waals surface area (Å²) in [6, 6.07) is 11.5. The van der Waals surface area contributed by atoms with Gasteiger partial charge < -0.3 is 39.4 Å². The summed E-state index contributed by atoms with van der Waals surface area (Å²) < 4.78 is 22.3. The second-order valence-electron chi connectivity index (χ2n) is 8.21. The van der Waals surface area contributed by atoms with Crippen LogP contribution in [-0.4, -0.2) is 73.3 Å². The molecule has 34 heavy (non-hydrogen) atoms. The largest absolute Gasteiger partial charge is 0.487 e. The SMILES string of the molecule is C[C@H](Cc1ccc(OCCO)c(OCCO)c1)[C@@H](C)Cc1ccc(OCCO)c(OCCO)c1. The van der Waals surface area contributed by atoms with E-state index in [1.165, 1.54) is 0 Å². The topological polar surface area (TPSA) is 118 Å². The van der Waals surface area contributed by atoms with Crippen LogP contribution in [-0.2, 0) is 12.8 Å². The number of aliphatic hydroxyl groups is 4. The minimum Gasteiger partial charge on any atom is -0.487 e. The van der Waals surface area contributed by atoms with Gasteiger partial charge in [-0.15, -0.1) is 0 Å². The smallest absolute Gasteiger partial charge is 0.161 e. The summed E-state index contributed by atoms with van der Waals surface area (Å²) in [5, 5.41) is 36.2. The first-order chi connectivity index (χ1) is 16.5. The number of aliphatic hydroxyl groups excluding tert-OH is 4. The van der Waals surface area contributed by atoms with Crippen LogP contribution in [0.2, 0.25) is 0 Å². The molecule has 0 aliphatic heterocycles. The second kappa shape index (κ2) is 15.4. The van der Waals surface area contributed by atoms with E-state index in [-0.39, 0.29) is 52.9 Å². The van der Waals surface area contributed by atoms with Crippen LogP contribution < -0.4 is 18.9 Å². The van der Waals surface area contributed by atoms with Gasteiger partial charge in [-0.25, -0.2) is 0 Å². The normalized spacial score (nSPS) is 12.8. The lowest BCUT2D eigenvalue weighted by molar-refractivity contribution is 0.178. The quantitative estimate of drug-likeness (QED) is 0.273. The molecule has 190 valence electrons. The summed E-state index contributed by atoms with van der Waals surface area (Å²) in [5.74, 6) is 2.94. The average molecular weight is 479 g/mol. The number of ether oxygens (including phenoxy) is 4. The standard InChI is InChI=1S/C26H38O8/c1-19(15-21-3-5-23(31-11-7-27)25(17-21)33-13-9-29)20(2)16-22-4-6-24(32-12-8-28)26(18-22)34-14-10-30/h3-6,17-20,27-30H,7-16H2,1-2H3/t19-,20+. The van der Waals surface area contributed by atoms with Gasteiger partial charge in [0.15, 0.2) is 23.0 Å². The summed E-state index contributed by atoms with van der Waals surface area (Å²) in [7, 11) is 0. The van der Waals surface area contributed by atoms with Crippen molar-refractivity contribution in [1.29, 1.82) is 0 Å². The molecule has 0 aliphatic rings. The lowest BCUT2D eigenvalue weighted by Gasteiger charge is -2.22. The van der Waals surface area contributed by atoms with E-state index in [9.17, 15) is 0 Å². The Morgan fingerprint density at radius 1 is 0.529 bits per heavy atom. The van der Waals surface area contributed by atoms with Gasteiger partial charge in [-0.05, 0) is 60.1 Å². The van der Waals surface area contributed by atoms with E-state index in [0.29, 0.717) is 34.8 Å². The lowest BCUT2D eigenvalue weighted by Crippen LogP contribution is -2.14. The van der Waals surface area contributed by atoms with Crippen molar-refractivity contribution in [2.24, 2.45) is 11.8 Å². The molecule has 0 spiro atoms. The number of benzene rings is 2. The zero-order chi connectivity index (χ0) is 24.8. The molecule has 0 radical (unpaired) electrons. The van der Waals surface area contributed by atoms with E-state index in [0.717, 1.165) is 24.0 Å². The van der Waals surface area contributed by atoms with Crippen LogP contribution in [0.5, 0.6) is 23.0 Å². The number of hydrogen-bond acceptors (Lipinski definition) is 8. The molecule has 0 amide bonds. The Labute approximate surface area is 201 Å². The van der Waals surface area contributed by atoms with E-state index >= 15 is 0 Å². The second-order valence-corrected chi connectivity index (χ2v) is 8.21. The first kappa shape index (κ1) is 27.7. The van der Waals surface area contributed by atoms with E-state index in [2.05, 4.69) is 13.8 Å². The monoisotopic (exact) mass is 478 g/mol. The summed E-state index contributed by atoms with van der Waals surface area (Å²) in [4.78, 5) is 0. The van der Waals surface area contributed by atoms with Gasteiger partial charge in [-0.2, -0.15) is 0 Å². The summed E-state index contributed by atoms with van der Waals surface area (Å²) in [5.41, 5.74) is 2.20. The van der Waals surface area contributed by atoms with Crippen LogP contribution >= 0.6 is 0 Å². The summed E-state index contributed by atoms with van der Waals surface area (Å²) in [6.07, 6.45) is 1.67. The molecule has 0 bridgehead atoms. The molecule has 0 saturated carbocycles. The molecule has 2 rings (SSSR count). The van der Waals surface area contributed by atoms with Crippen LogP contribution in [0.4, 0.5) is 0 Å². The van der Waals surface area contributed by atoms with E-state index in [1.807, 2.05) is 36.4 Å². The van der Waals surface area contributed by atoms with Crippen molar-refractivity contribution in [3.8, 4) is 23.0 Å². The molecule has 8 nitrogen and oxygen atoms in total. The molecule has 0 heterocycles. The minimum atomic E-state index is -0.0923. The van der Waals surface area contributed by atoms with Crippen molar-refractivity contribution in [3.63, 3.8) is 0 Å². The third kappa shape index (κ3) is 9.02. The van der Waals surface area contributed by atoms with Crippen LogP contribution in [0.1, 0.15) is 25.0 Å². The molecule has 2 aromatic rings. The highest BCUT2D eigenvalue weighted by molar-refractivity contribution is 5.44. The van der Waals surface area contributed by atoms with Gasteiger partial charge >= 0.3 is 0 Å². The molecule has 0 fully saturated rings. The predicted molar refractivity (Wildman–Crippen MR) is 129 cm³/mol. The maximum Gasteiger partial charge on any atom is 0.161 e. The molecule has 0 aromatic heterocycles. The average Bonchev–Trinajstić information content (AvgIpc) is 2.84. The fraction of sp³-hybridized carbons (Fsp3) is 0.538. The number of hydrogen-bond donors (Lipinski definition) is 4. The Hall–Kier alpha value is -2.52. The molecule has 2 atom stereocenters. The van der Waals surface area contributed by atoms with Crippen molar-refractivity contribution in [3.05, 3.63) is 47.5 Å². The third-order valence-electron chi connectivity index (χ3n) is 5.50. The van der Waals surface area contributed by atoms with Crippen molar-refractivity contribution >= 4 is 0 Å². The molecule has 2 aromatic carbocycles. The Balaban J connectivity index is 2.06. The van der Waals surface area contributed by atoms with Gasteiger partial charge in [0, 0.05) is 0 Å². The zero-order valence-electron chi connectivity index (χ0n) is 20.1. The highest BCUT2D eigenvalue weighted by atomic mass is 16.5. The first-order valence-electron chi connectivity index (χ1n) is 11.7. The van der Waals surface area contributed by atoms with E-state index < -0.39 is 0 Å². The van der Waals surface area contributed by atoms with Gasteiger partial charge in [0.25, 0.3) is 0 Å². The van der Waals surface area contributed by atoms with Crippen LogP contribution in [0, 0.1) is 11.8 Å². The van der Waals surface area contributed by atoms with Crippen LogP contribution in [0.25, 0.3) is 0 Å². The minimum absolute atomic E-state index is 0.0863. The van der Waals surface area contributed by atoms with Gasteiger partial charge in [0.1, 0.15) is 26.4 Å². The van der Waals surface area contributed by atoms with Gasteiger partial charge in [-0.1, -0.05) is 26.0 Å². The maximum absolute atomic E-state index is 9.10. The van der Waals surface area contributed by atoms with Crippen molar-refractivity contribution in [2.75, 3.05) is 52.9 Å². The fourth-order valence-corrected chi connectivity index (χ4v) is 3.59. The third-order valence-corrected chi connectivity index (χ3v) is 5.50. The molecule has 8 heteroatoms. The van der Waals surface area contributed by atoms with Crippen molar-refractivity contribution in [2.45, 2.75) is 26.7 Å². The summed E-state index contributed by atoms with van der Waals surface area (Å²) >= 11 is 0.